The summed E-state index contributed by atoms with van der Waals surface area (Å²) in [5, 5.41) is 3.65. The van der Waals surface area contributed by atoms with Gasteiger partial charge in [-0.2, -0.15) is 0 Å². The molecule has 0 saturated carbocycles. The summed E-state index contributed by atoms with van der Waals surface area (Å²) >= 11 is 1.55. The normalized spacial score (nSPS) is 18.6. The number of amides is 1. The molecule has 1 aliphatic rings. The van der Waals surface area contributed by atoms with E-state index in [0.717, 1.165) is 39.1 Å². The Morgan fingerprint density at radius 1 is 1.43 bits per heavy atom. The zero-order chi connectivity index (χ0) is 15.2. The number of thiazole rings is 1. The van der Waals surface area contributed by atoms with Crippen LogP contribution in [-0.2, 0) is 11.3 Å². The first-order valence-electron chi connectivity index (χ1n) is 7.51. The lowest BCUT2D eigenvalue weighted by Crippen LogP contribution is -2.49. The van der Waals surface area contributed by atoms with E-state index in [9.17, 15) is 4.79 Å². The number of hydrogen-bond acceptors (Lipinski definition) is 6. The summed E-state index contributed by atoms with van der Waals surface area (Å²) < 4.78 is 0. The summed E-state index contributed by atoms with van der Waals surface area (Å²) in [7, 11) is 0. The van der Waals surface area contributed by atoms with Crippen molar-refractivity contribution in [2.75, 3.05) is 38.5 Å². The highest BCUT2D eigenvalue weighted by Crippen LogP contribution is 2.17. The van der Waals surface area contributed by atoms with E-state index in [4.69, 9.17) is 5.73 Å². The Bertz CT molecular complexity index is 456. The molecule has 0 spiro atoms. The molecular formula is C14H25N5OS. The van der Waals surface area contributed by atoms with E-state index in [1.54, 1.807) is 11.3 Å². The van der Waals surface area contributed by atoms with E-state index < -0.39 is 0 Å². The van der Waals surface area contributed by atoms with E-state index in [1.165, 1.54) is 4.88 Å². The molecule has 1 amide bonds. The number of rotatable bonds is 6. The second-order valence-corrected chi connectivity index (χ2v) is 6.74. The predicted molar refractivity (Wildman–Crippen MR) is 86.1 cm³/mol. The van der Waals surface area contributed by atoms with Crippen molar-refractivity contribution in [2.45, 2.75) is 32.9 Å². The highest BCUT2D eigenvalue weighted by Gasteiger charge is 2.19. The third-order valence-corrected chi connectivity index (χ3v) is 4.61. The van der Waals surface area contributed by atoms with E-state index in [1.807, 2.05) is 13.1 Å². The zero-order valence-electron chi connectivity index (χ0n) is 12.8. The largest absolute Gasteiger partial charge is 0.375 e. The highest BCUT2D eigenvalue weighted by atomic mass is 32.1. The summed E-state index contributed by atoms with van der Waals surface area (Å²) in [6.07, 6.45) is 2.82. The molecule has 118 valence electrons. The minimum Gasteiger partial charge on any atom is -0.375 e. The average Bonchev–Trinajstić information content (AvgIpc) is 2.86. The van der Waals surface area contributed by atoms with Crippen LogP contribution in [-0.4, -0.2) is 59.5 Å². The van der Waals surface area contributed by atoms with Crippen LogP contribution in [0.25, 0.3) is 0 Å². The van der Waals surface area contributed by atoms with Crippen LogP contribution in [0.15, 0.2) is 6.20 Å². The average molecular weight is 311 g/mol. The van der Waals surface area contributed by atoms with Gasteiger partial charge in [-0.15, -0.1) is 11.3 Å². The fourth-order valence-electron chi connectivity index (χ4n) is 2.35. The smallest absolute Gasteiger partial charge is 0.234 e. The van der Waals surface area contributed by atoms with E-state index in [0.29, 0.717) is 11.7 Å². The van der Waals surface area contributed by atoms with E-state index >= 15 is 0 Å². The van der Waals surface area contributed by atoms with Crippen LogP contribution in [0.5, 0.6) is 0 Å². The maximum absolute atomic E-state index is 11.9. The number of nitrogens with one attached hydrogen (secondary N) is 1. The molecule has 1 atom stereocenters. The van der Waals surface area contributed by atoms with Gasteiger partial charge in [0.15, 0.2) is 5.13 Å². The molecule has 7 heteroatoms. The van der Waals surface area contributed by atoms with Crippen LogP contribution in [0.1, 0.15) is 25.1 Å². The third kappa shape index (κ3) is 5.26. The van der Waals surface area contributed by atoms with Crippen LogP contribution < -0.4 is 11.1 Å². The van der Waals surface area contributed by atoms with Gasteiger partial charge in [0.05, 0.1) is 6.54 Å². The van der Waals surface area contributed by atoms with Gasteiger partial charge in [-0.25, -0.2) is 4.98 Å². The Labute approximate surface area is 130 Å². The predicted octanol–water partition coefficient (Wildman–Crippen LogP) is 0.758. The SMILES string of the molecule is CCC(C)NC(=O)CN1CCN(Cc2cnc(N)s2)CC1. The van der Waals surface area contributed by atoms with Gasteiger partial charge in [0.25, 0.3) is 0 Å². The molecular weight excluding hydrogens is 286 g/mol. The van der Waals surface area contributed by atoms with Crippen molar-refractivity contribution in [1.29, 1.82) is 0 Å². The van der Waals surface area contributed by atoms with E-state index in [2.05, 4.69) is 27.0 Å². The number of hydrogen-bond donors (Lipinski definition) is 2. The maximum Gasteiger partial charge on any atom is 0.234 e. The van der Waals surface area contributed by atoms with Crippen molar-refractivity contribution in [3.05, 3.63) is 11.1 Å². The van der Waals surface area contributed by atoms with Crippen molar-refractivity contribution < 1.29 is 4.79 Å². The van der Waals surface area contributed by atoms with Crippen LogP contribution in [0, 0.1) is 0 Å². The second-order valence-electron chi connectivity index (χ2n) is 5.59. The van der Waals surface area contributed by atoms with Gasteiger partial charge in [-0.3, -0.25) is 14.6 Å². The minimum atomic E-state index is 0.132. The maximum atomic E-state index is 11.9. The summed E-state index contributed by atoms with van der Waals surface area (Å²) in [6.45, 7) is 9.35. The molecule has 2 rings (SSSR count). The fraction of sp³-hybridized carbons (Fsp3) is 0.714. The lowest BCUT2D eigenvalue weighted by Gasteiger charge is -2.34. The number of carbonyl (C=O) groups is 1. The first-order chi connectivity index (χ1) is 10.1. The molecule has 3 N–H and O–H groups in total. The molecule has 1 saturated heterocycles. The molecule has 2 heterocycles. The van der Waals surface area contributed by atoms with Crippen LogP contribution in [0.3, 0.4) is 0 Å². The van der Waals surface area contributed by atoms with Crippen molar-refractivity contribution in [3.63, 3.8) is 0 Å². The Balaban J connectivity index is 1.69. The number of nitrogen functional groups attached to an aromatic ring is 1. The molecule has 1 aromatic heterocycles. The highest BCUT2D eigenvalue weighted by molar-refractivity contribution is 7.15. The van der Waals surface area contributed by atoms with E-state index in [-0.39, 0.29) is 11.9 Å². The third-order valence-electron chi connectivity index (χ3n) is 3.80. The molecule has 0 aliphatic carbocycles. The fourth-order valence-corrected chi connectivity index (χ4v) is 3.07. The van der Waals surface area contributed by atoms with Gasteiger partial charge < -0.3 is 11.1 Å². The quantitative estimate of drug-likeness (QED) is 0.811. The van der Waals surface area contributed by atoms with Crippen molar-refractivity contribution in [1.82, 2.24) is 20.1 Å². The molecule has 0 aromatic carbocycles. The number of nitrogens with two attached hydrogens (primary N) is 1. The number of carbonyl (C=O) groups excluding carboxylic acids is 1. The molecule has 21 heavy (non-hydrogen) atoms. The molecule has 0 radical (unpaired) electrons. The Morgan fingerprint density at radius 3 is 2.67 bits per heavy atom. The van der Waals surface area contributed by atoms with Crippen molar-refractivity contribution >= 4 is 22.4 Å². The van der Waals surface area contributed by atoms with Gasteiger partial charge in [-0.1, -0.05) is 6.92 Å². The van der Waals surface area contributed by atoms with Gasteiger partial charge in [0.1, 0.15) is 0 Å². The van der Waals surface area contributed by atoms with Crippen molar-refractivity contribution in [3.8, 4) is 0 Å². The summed E-state index contributed by atoms with van der Waals surface area (Å²) in [6, 6.07) is 0.260. The van der Waals surface area contributed by atoms with Crippen LogP contribution in [0.2, 0.25) is 0 Å². The Hall–Kier alpha value is -1.18. The molecule has 1 unspecified atom stereocenters. The zero-order valence-corrected chi connectivity index (χ0v) is 13.7. The monoisotopic (exact) mass is 311 g/mol. The first-order valence-corrected chi connectivity index (χ1v) is 8.32. The molecule has 0 bridgehead atoms. The Morgan fingerprint density at radius 2 is 2.10 bits per heavy atom. The number of nitrogens with zero attached hydrogens (tertiary/aromatic N) is 3. The molecule has 1 fully saturated rings. The first kappa shape index (κ1) is 16.2. The van der Waals surface area contributed by atoms with Crippen LogP contribution in [0.4, 0.5) is 5.13 Å². The van der Waals surface area contributed by atoms with Gasteiger partial charge in [0, 0.05) is 49.8 Å². The number of anilines is 1. The second kappa shape index (κ2) is 7.72. The number of aromatic nitrogens is 1. The van der Waals surface area contributed by atoms with Crippen LogP contribution >= 0.6 is 11.3 Å². The summed E-state index contributed by atoms with van der Waals surface area (Å²) in [5.74, 6) is 0.132. The van der Waals surface area contributed by atoms with Gasteiger partial charge >= 0.3 is 0 Å². The molecule has 6 nitrogen and oxygen atoms in total. The summed E-state index contributed by atoms with van der Waals surface area (Å²) in [4.78, 5) is 21.8. The topological polar surface area (TPSA) is 74.5 Å². The standard InChI is InChI=1S/C14H25N5OS/c1-3-11(2)17-13(20)10-19-6-4-18(5-7-19)9-12-8-16-14(15)21-12/h8,11H,3-7,9-10H2,1-2H3,(H2,15,16)(H,17,20). The number of piperazine rings is 1. The minimum absolute atomic E-state index is 0.132. The summed E-state index contributed by atoms with van der Waals surface area (Å²) in [5.41, 5.74) is 5.65. The van der Waals surface area contributed by atoms with Gasteiger partial charge in [-0.05, 0) is 13.3 Å². The lowest BCUT2D eigenvalue weighted by atomic mass is 10.2. The molecule has 1 aliphatic heterocycles. The Kier molecular flexibility index (Phi) is 5.96. The lowest BCUT2D eigenvalue weighted by molar-refractivity contribution is -0.123. The van der Waals surface area contributed by atoms with Crippen molar-refractivity contribution in [2.24, 2.45) is 0 Å². The van der Waals surface area contributed by atoms with Gasteiger partial charge in [0.2, 0.25) is 5.91 Å². The molecule has 1 aromatic rings.